The van der Waals surface area contributed by atoms with Crippen LogP contribution in [-0.4, -0.2) is 36.2 Å². The quantitative estimate of drug-likeness (QED) is 0.232. The molecule has 1 fully saturated rings. The van der Waals surface area contributed by atoms with Gasteiger partial charge in [-0.05, 0) is 74.9 Å². The molecular weight excluding hydrogens is 516 g/mol. The van der Waals surface area contributed by atoms with Crippen LogP contribution in [0.3, 0.4) is 0 Å². The van der Waals surface area contributed by atoms with Crippen LogP contribution in [0.5, 0.6) is 0 Å². The van der Waals surface area contributed by atoms with Crippen molar-refractivity contribution in [2.45, 2.75) is 58.2 Å². The van der Waals surface area contributed by atoms with Crippen molar-refractivity contribution in [3.63, 3.8) is 0 Å². The number of rotatable bonds is 8. The second kappa shape index (κ2) is 10.7. The molecule has 3 aromatic carbocycles. The molecule has 4 aromatic rings. The molecule has 0 aliphatic carbocycles. The van der Waals surface area contributed by atoms with E-state index in [1.54, 1.807) is 0 Å². The molecule has 3 atom stereocenters. The van der Waals surface area contributed by atoms with Crippen LogP contribution < -0.4 is 26.4 Å². The zero-order chi connectivity index (χ0) is 27.8. The lowest BCUT2D eigenvalue weighted by Gasteiger charge is -2.32. The summed E-state index contributed by atoms with van der Waals surface area (Å²) in [7, 11) is 1.31. The van der Waals surface area contributed by atoms with Crippen LogP contribution in [0.25, 0.3) is 10.8 Å². The minimum absolute atomic E-state index is 0.150. The number of esters is 1. The number of ether oxygens (including phenoxy) is 1. The number of hydrogen-bond acceptors (Lipinski definition) is 8. The Hall–Kier alpha value is -3.91. The lowest BCUT2D eigenvalue weighted by atomic mass is 10.0. The molecule has 0 bridgehead atoms. The third kappa shape index (κ3) is 5.21. The highest BCUT2D eigenvalue weighted by atomic mass is 35.5. The van der Waals surface area contributed by atoms with Gasteiger partial charge in [0.1, 0.15) is 23.2 Å². The first-order valence-electron chi connectivity index (χ1n) is 13.0. The number of halogens is 1. The van der Waals surface area contributed by atoms with Crippen molar-refractivity contribution in [2.75, 3.05) is 22.6 Å². The Labute approximate surface area is 231 Å². The maximum absolute atomic E-state index is 12.7. The van der Waals surface area contributed by atoms with Crippen molar-refractivity contribution in [2.24, 2.45) is 0 Å². The number of pyridine rings is 1. The summed E-state index contributed by atoms with van der Waals surface area (Å²) < 4.78 is 5.02. The maximum Gasteiger partial charge on any atom is 0.328 e. The summed E-state index contributed by atoms with van der Waals surface area (Å²) >= 11 is 6.22. The topological polar surface area (TPSA) is 101 Å². The van der Waals surface area contributed by atoms with Gasteiger partial charge in [-0.25, -0.2) is 9.78 Å². The molecule has 1 aliphatic rings. The molecule has 2 heterocycles. The third-order valence-corrected chi connectivity index (χ3v) is 7.71. The van der Waals surface area contributed by atoms with Crippen LogP contribution in [0.1, 0.15) is 37.9 Å². The van der Waals surface area contributed by atoms with E-state index in [1.165, 1.54) is 7.11 Å². The Bertz CT molecular complexity index is 1600. The van der Waals surface area contributed by atoms with Gasteiger partial charge in [0, 0.05) is 40.3 Å². The van der Waals surface area contributed by atoms with Crippen molar-refractivity contribution >= 4 is 51.2 Å². The lowest BCUT2D eigenvalue weighted by Crippen LogP contribution is -2.48. The monoisotopic (exact) mass is 546 g/mol. The summed E-state index contributed by atoms with van der Waals surface area (Å²) in [5.74, 6) is 0.193. The van der Waals surface area contributed by atoms with Crippen LogP contribution >= 0.6 is 11.6 Å². The standard InChI is InChI=1S/C30H31ClN4O4/c1-16-13-20-9-10-21(31)15-23(20)29(32-16)33-22-11-7-19(8-12-22)14-24(30(38)39-4)34-25-26(28(37)27(25)36)35-17(2)5-6-18(35)3/h7-13,15,17-18,24,34H,5-6,14H2,1-4H3,(H,32,33)/t17-,18+,24-/m0/s1. The zero-order valence-electron chi connectivity index (χ0n) is 22.4. The fourth-order valence-electron chi connectivity index (χ4n) is 5.45. The number of fused-ring (bicyclic) bond motifs is 1. The third-order valence-electron chi connectivity index (χ3n) is 7.48. The maximum atomic E-state index is 12.7. The van der Waals surface area contributed by atoms with Gasteiger partial charge in [0.15, 0.2) is 0 Å². The first-order valence-corrected chi connectivity index (χ1v) is 13.4. The second-order valence-corrected chi connectivity index (χ2v) is 10.7. The predicted octanol–water partition coefficient (Wildman–Crippen LogP) is 5.11. The molecule has 0 saturated carbocycles. The second-order valence-electron chi connectivity index (χ2n) is 10.3. The van der Waals surface area contributed by atoms with E-state index in [2.05, 4.69) is 15.6 Å². The molecule has 8 nitrogen and oxygen atoms in total. The highest BCUT2D eigenvalue weighted by Gasteiger charge is 2.36. The lowest BCUT2D eigenvalue weighted by molar-refractivity contribution is -0.141. The number of benzene rings is 2. The number of anilines is 4. The number of aromatic nitrogens is 1. The Morgan fingerprint density at radius 3 is 2.44 bits per heavy atom. The van der Waals surface area contributed by atoms with Crippen molar-refractivity contribution in [1.29, 1.82) is 0 Å². The zero-order valence-corrected chi connectivity index (χ0v) is 23.1. The summed E-state index contributed by atoms with van der Waals surface area (Å²) in [6, 6.07) is 14.8. The number of nitrogens with zero attached hydrogens (tertiary/aromatic N) is 2. The Morgan fingerprint density at radius 1 is 1.08 bits per heavy atom. The number of hydrogen-bond donors (Lipinski definition) is 2. The van der Waals surface area contributed by atoms with Crippen LogP contribution in [0.4, 0.5) is 22.9 Å². The smallest absolute Gasteiger partial charge is 0.328 e. The van der Waals surface area contributed by atoms with Crippen molar-refractivity contribution in [3.05, 3.63) is 85.3 Å². The van der Waals surface area contributed by atoms with E-state index in [1.807, 2.05) is 74.2 Å². The SMILES string of the molecule is COC(=O)[C@H](Cc1ccc(Nc2nc(C)cc3ccc(Cl)cc23)cc1)Nc1c(N2[C@H](C)CC[C@@H]2C)c(=O)c1=O. The minimum atomic E-state index is -0.825. The highest BCUT2D eigenvalue weighted by molar-refractivity contribution is 6.31. The Morgan fingerprint density at radius 2 is 1.77 bits per heavy atom. The van der Waals surface area contributed by atoms with E-state index in [9.17, 15) is 14.4 Å². The molecule has 0 unspecified atom stereocenters. The van der Waals surface area contributed by atoms with Gasteiger partial charge in [-0.2, -0.15) is 0 Å². The molecule has 0 radical (unpaired) electrons. The molecule has 39 heavy (non-hydrogen) atoms. The fourth-order valence-corrected chi connectivity index (χ4v) is 5.62. The van der Waals surface area contributed by atoms with E-state index >= 15 is 0 Å². The van der Waals surface area contributed by atoms with Crippen LogP contribution in [-0.2, 0) is 16.0 Å². The number of aryl methyl sites for hydroxylation is 1. The summed E-state index contributed by atoms with van der Waals surface area (Å²) in [5, 5.41) is 8.99. The average Bonchev–Trinajstić information content (AvgIpc) is 3.25. The molecule has 5 rings (SSSR count). The van der Waals surface area contributed by atoms with E-state index in [-0.39, 0.29) is 24.2 Å². The molecule has 0 spiro atoms. The summed E-state index contributed by atoms with van der Waals surface area (Å²) in [4.78, 5) is 44.4. The van der Waals surface area contributed by atoms with Gasteiger partial charge < -0.3 is 20.3 Å². The van der Waals surface area contributed by atoms with Crippen molar-refractivity contribution < 1.29 is 9.53 Å². The molecule has 1 aliphatic heterocycles. The summed E-state index contributed by atoms with van der Waals surface area (Å²) in [6.07, 6.45) is 2.17. The molecule has 202 valence electrons. The Kier molecular flexibility index (Phi) is 7.32. The molecule has 1 aromatic heterocycles. The average molecular weight is 547 g/mol. The molecule has 1 saturated heterocycles. The van der Waals surface area contributed by atoms with Crippen LogP contribution in [0.15, 0.2) is 58.1 Å². The molecular formula is C30H31ClN4O4. The predicted molar refractivity (Wildman–Crippen MR) is 156 cm³/mol. The van der Waals surface area contributed by atoms with Crippen molar-refractivity contribution in [1.82, 2.24) is 4.98 Å². The van der Waals surface area contributed by atoms with E-state index in [0.717, 1.165) is 40.6 Å². The van der Waals surface area contributed by atoms with Crippen LogP contribution in [0, 0.1) is 6.92 Å². The minimum Gasteiger partial charge on any atom is -0.467 e. The van der Waals surface area contributed by atoms with Gasteiger partial charge in [-0.3, -0.25) is 9.59 Å². The van der Waals surface area contributed by atoms with Gasteiger partial charge >= 0.3 is 5.97 Å². The molecule has 2 N–H and O–H groups in total. The Balaban J connectivity index is 1.35. The van der Waals surface area contributed by atoms with Gasteiger partial charge in [0.2, 0.25) is 0 Å². The molecule has 0 amide bonds. The summed E-state index contributed by atoms with van der Waals surface area (Å²) in [6.45, 7) is 6.02. The van der Waals surface area contributed by atoms with E-state index < -0.39 is 22.9 Å². The first-order chi connectivity index (χ1) is 18.7. The summed E-state index contributed by atoms with van der Waals surface area (Å²) in [5.41, 5.74) is 2.04. The highest BCUT2D eigenvalue weighted by Crippen LogP contribution is 2.33. The number of methoxy groups -OCH3 is 1. The van der Waals surface area contributed by atoms with Gasteiger partial charge in [-0.1, -0.05) is 29.8 Å². The fraction of sp³-hybridized carbons (Fsp3) is 0.333. The van der Waals surface area contributed by atoms with Gasteiger partial charge in [0.05, 0.1) is 7.11 Å². The van der Waals surface area contributed by atoms with Gasteiger partial charge in [0.25, 0.3) is 10.9 Å². The van der Waals surface area contributed by atoms with E-state index in [4.69, 9.17) is 16.3 Å². The van der Waals surface area contributed by atoms with Crippen molar-refractivity contribution in [3.8, 4) is 0 Å². The van der Waals surface area contributed by atoms with E-state index in [0.29, 0.717) is 16.5 Å². The molecule has 9 heteroatoms. The normalized spacial score (nSPS) is 17.9. The first kappa shape index (κ1) is 26.7. The number of carbonyl (C=O) groups is 1. The number of carbonyl (C=O) groups excluding carboxylic acids is 1. The van der Waals surface area contributed by atoms with Gasteiger partial charge in [-0.15, -0.1) is 0 Å². The largest absolute Gasteiger partial charge is 0.467 e. The van der Waals surface area contributed by atoms with Crippen LogP contribution in [0.2, 0.25) is 5.02 Å². The number of nitrogens with one attached hydrogen (secondary N) is 2.